The summed E-state index contributed by atoms with van der Waals surface area (Å²) in [4.78, 5) is 0. The maximum atomic E-state index is 9.85. The van der Waals surface area contributed by atoms with Crippen molar-refractivity contribution < 1.29 is 24.4 Å². The third-order valence-electron chi connectivity index (χ3n) is 2.64. The van der Waals surface area contributed by atoms with Gasteiger partial charge in [-0.1, -0.05) is 0 Å². The molecule has 0 bridgehead atoms. The van der Waals surface area contributed by atoms with Crippen LogP contribution in [0.15, 0.2) is 21.1 Å². The van der Waals surface area contributed by atoms with Crippen LogP contribution in [0, 0.1) is 0 Å². The van der Waals surface area contributed by atoms with Gasteiger partial charge in [-0.05, 0) is 56.5 Å². The number of benzene rings is 1. The molecule has 2 N–H and O–H groups in total. The summed E-state index contributed by atoms with van der Waals surface area (Å²) in [6, 6.07) is 3.53. The van der Waals surface area contributed by atoms with Gasteiger partial charge in [-0.25, -0.2) is 0 Å². The van der Waals surface area contributed by atoms with Gasteiger partial charge in [0.1, 0.15) is 18.5 Å². The van der Waals surface area contributed by atoms with Gasteiger partial charge < -0.3 is 24.4 Å². The van der Waals surface area contributed by atoms with E-state index in [0.717, 1.165) is 5.56 Å². The fourth-order valence-corrected chi connectivity index (χ4v) is 3.14. The van der Waals surface area contributed by atoms with E-state index >= 15 is 0 Å². The van der Waals surface area contributed by atoms with E-state index in [0.29, 0.717) is 21.3 Å². The lowest BCUT2D eigenvalue weighted by molar-refractivity contribution is -0.0424. The molecule has 0 aliphatic rings. The Bertz CT molecular complexity index is 418. The molecule has 0 saturated carbocycles. The predicted octanol–water partition coefficient (Wildman–Crippen LogP) is 2.50. The molecule has 0 fully saturated rings. The van der Waals surface area contributed by atoms with Gasteiger partial charge in [0.15, 0.2) is 0 Å². The smallest absolute Gasteiger partial charge is 0.147 e. The first kappa shape index (κ1) is 18.9. The lowest BCUT2D eigenvalue weighted by Gasteiger charge is -2.17. The van der Waals surface area contributed by atoms with Crippen LogP contribution in [-0.2, 0) is 16.1 Å². The van der Waals surface area contributed by atoms with E-state index in [1.807, 2.05) is 6.92 Å². The van der Waals surface area contributed by atoms with Crippen molar-refractivity contribution in [1.29, 1.82) is 0 Å². The molecular formula is C14H20Br2O5. The molecule has 0 aliphatic heterocycles. The van der Waals surface area contributed by atoms with Gasteiger partial charge in [0.2, 0.25) is 0 Å². The van der Waals surface area contributed by atoms with E-state index in [2.05, 4.69) is 31.9 Å². The van der Waals surface area contributed by atoms with Crippen LogP contribution in [0.1, 0.15) is 12.5 Å². The molecule has 2 unspecified atom stereocenters. The second-order valence-corrected chi connectivity index (χ2v) is 6.32. The quantitative estimate of drug-likeness (QED) is 0.633. The van der Waals surface area contributed by atoms with Gasteiger partial charge in [0.05, 0.1) is 34.9 Å². The number of methoxy groups -OCH3 is 1. The van der Waals surface area contributed by atoms with Crippen LogP contribution in [-0.4, -0.2) is 49.4 Å². The molecule has 0 spiro atoms. The average molecular weight is 428 g/mol. The molecule has 0 aromatic heterocycles. The number of halogens is 2. The van der Waals surface area contributed by atoms with Crippen molar-refractivity contribution in [2.75, 3.05) is 26.9 Å². The first-order chi connectivity index (χ1) is 9.97. The molecule has 0 amide bonds. The van der Waals surface area contributed by atoms with Crippen molar-refractivity contribution >= 4 is 31.9 Å². The SMILES string of the molecule is COCC(C)OCC(O)COc1c(Br)cc(CO)cc1Br. The Morgan fingerprint density at radius 1 is 1.14 bits per heavy atom. The molecule has 0 saturated heterocycles. The summed E-state index contributed by atoms with van der Waals surface area (Å²) >= 11 is 6.75. The highest BCUT2D eigenvalue weighted by atomic mass is 79.9. The molecule has 2 atom stereocenters. The highest BCUT2D eigenvalue weighted by molar-refractivity contribution is 9.11. The number of hydrogen-bond donors (Lipinski definition) is 2. The molecule has 1 aromatic rings. The Labute approximate surface area is 141 Å². The summed E-state index contributed by atoms with van der Waals surface area (Å²) in [5.74, 6) is 0.580. The lowest BCUT2D eigenvalue weighted by atomic mass is 10.2. The van der Waals surface area contributed by atoms with Gasteiger partial charge in [-0.15, -0.1) is 0 Å². The minimum Gasteiger partial charge on any atom is -0.488 e. The van der Waals surface area contributed by atoms with Crippen molar-refractivity contribution in [2.45, 2.75) is 25.7 Å². The first-order valence-electron chi connectivity index (χ1n) is 6.48. The van der Waals surface area contributed by atoms with Crippen molar-refractivity contribution in [3.05, 3.63) is 26.6 Å². The highest BCUT2D eigenvalue weighted by Crippen LogP contribution is 2.34. The summed E-state index contributed by atoms with van der Waals surface area (Å²) < 4.78 is 17.4. The van der Waals surface area contributed by atoms with E-state index in [1.54, 1.807) is 19.2 Å². The molecule has 120 valence electrons. The van der Waals surface area contributed by atoms with Crippen LogP contribution in [0.25, 0.3) is 0 Å². The van der Waals surface area contributed by atoms with Crippen LogP contribution in [0.2, 0.25) is 0 Å². The van der Waals surface area contributed by atoms with Crippen LogP contribution >= 0.6 is 31.9 Å². The molecule has 1 rings (SSSR count). The largest absolute Gasteiger partial charge is 0.488 e. The van der Waals surface area contributed by atoms with E-state index in [9.17, 15) is 5.11 Å². The Kier molecular flexibility index (Phi) is 8.77. The molecule has 0 radical (unpaired) electrons. The fourth-order valence-electron chi connectivity index (χ4n) is 1.63. The number of hydrogen-bond acceptors (Lipinski definition) is 5. The zero-order chi connectivity index (χ0) is 15.8. The molecule has 7 heteroatoms. The van der Waals surface area contributed by atoms with Crippen molar-refractivity contribution in [3.63, 3.8) is 0 Å². The van der Waals surface area contributed by atoms with Gasteiger partial charge >= 0.3 is 0 Å². The first-order valence-corrected chi connectivity index (χ1v) is 8.06. The summed E-state index contributed by atoms with van der Waals surface area (Å²) in [7, 11) is 1.60. The van der Waals surface area contributed by atoms with Crippen LogP contribution in [0.4, 0.5) is 0 Å². The molecule has 1 aromatic carbocycles. The Morgan fingerprint density at radius 2 is 1.76 bits per heavy atom. The Hall–Kier alpha value is -0.180. The fraction of sp³-hybridized carbons (Fsp3) is 0.571. The van der Waals surface area contributed by atoms with E-state index in [1.165, 1.54) is 0 Å². The second-order valence-electron chi connectivity index (χ2n) is 4.61. The van der Waals surface area contributed by atoms with Gasteiger partial charge in [-0.3, -0.25) is 0 Å². The zero-order valence-corrected chi connectivity index (χ0v) is 15.2. The van der Waals surface area contributed by atoms with Gasteiger partial charge in [0, 0.05) is 7.11 Å². The van der Waals surface area contributed by atoms with E-state index < -0.39 is 6.10 Å². The lowest BCUT2D eigenvalue weighted by Crippen LogP contribution is -2.27. The van der Waals surface area contributed by atoms with Crippen molar-refractivity contribution in [1.82, 2.24) is 0 Å². The monoisotopic (exact) mass is 426 g/mol. The van der Waals surface area contributed by atoms with Crippen LogP contribution < -0.4 is 4.74 Å². The Balaban J connectivity index is 2.48. The molecule has 21 heavy (non-hydrogen) atoms. The van der Waals surface area contributed by atoms with Crippen LogP contribution in [0.3, 0.4) is 0 Å². The van der Waals surface area contributed by atoms with Gasteiger partial charge in [-0.2, -0.15) is 0 Å². The minimum absolute atomic E-state index is 0.0503. The third-order valence-corrected chi connectivity index (χ3v) is 3.81. The predicted molar refractivity (Wildman–Crippen MR) is 86.6 cm³/mol. The number of ether oxygens (including phenoxy) is 3. The molecule has 5 nitrogen and oxygen atoms in total. The van der Waals surface area contributed by atoms with Crippen molar-refractivity contribution in [3.8, 4) is 5.75 Å². The highest BCUT2D eigenvalue weighted by Gasteiger charge is 2.13. The van der Waals surface area contributed by atoms with Gasteiger partial charge in [0.25, 0.3) is 0 Å². The maximum absolute atomic E-state index is 9.85. The summed E-state index contributed by atoms with van der Waals surface area (Å²) in [5, 5.41) is 19.0. The molecular weight excluding hydrogens is 408 g/mol. The average Bonchev–Trinajstić information content (AvgIpc) is 2.44. The summed E-state index contributed by atoms with van der Waals surface area (Å²) in [5.41, 5.74) is 0.762. The second kappa shape index (κ2) is 9.76. The summed E-state index contributed by atoms with van der Waals surface area (Å²) in [6.45, 7) is 2.58. The molecule has 0 aliphatic carbocycles. The number of rotatable bonds is 9. The standard InChI is InChI=1S/C14H20Br2O5/c1-9(6-19-2)20-7-11(18)8-21-14-12(15)3-10(5-17)4-13(14)16/h3-4,9,11,17-18H,5-8H2,1-2H3. The van der Waals surface area contributed by atoms with Crippen molar-refractivity contribution in [2.24, 2.45) is 0 Å². The Morgan fingerprint density at radius 3 is 2.29 bits per heavy atom. The van der Waals surface area contributed by atoms with Crippen LogP contribution in [0.5, 0.6) is 5.75 Å². The number of aliphatic hydroxyl groups is 2. The van der Waals surface area contributed by atoms with E-state index in [4.69, 9.17) is 19.3 Å². The zero-order valence-electron chi connectivity index (χ0n) is 12.0. The maximum Gasteiger partial charge on any atom is 0.147 e. The topological polar surface area (TPSA) is 68.2 Å². The van der Waals surface area contributed by atoms with E-state index in [-0.39, 0.29) is 25.9 Å². The normalized spacial score (nSPS) is 14.0. The summed E-state index contributed by atoms with van der Waals surface area (Å²) in [6.07, 6.45) is -0.812. The minimum atomic E-state index is -0.736. The third kappa shape index (κ3) is 6.63. The molecule has 0 heterocycles. The number of aliphatic hydroxyl groups excluding tert-OH is 2.